The highest BCUT2D eigenvalue weighted by Gasteiger charge is 2.28. The molecule has 0 saturated carbocycles. The average Bonchev–Trinajstić information content (AvgIpc) is 3.01. The van der Waals surface area contributed by atoms with Gasteiger partial charge >= 0.3 is 0 Å². The van der Waals surface area contributed by atoms with Crippen molar-refractivity contribution in [3.63, 3.8) is 0 Å². The summed E-state index contributed by atoms with van der Waals surface area (Å²) in [7, 11) is 0. The summed E-state index contributed by atoms with van der Waals surface area (Å²) >= 11 is 4.92. The number of hydrogen-bond acceptors (Lipinski definition) is 3. The highest BCUT2D eigenvalue weighted by molar-refractivity contribution is 9.11. The minimum atomic E-state index is -0.436. The number of carbonyl (C=O) groups is 1. The van der Waals surface area contributed by atoms with Gasteiger partial charge in [-0.3, -0.25) is 4.79 Å². The van der Waals surface area contributed by atoms with Crippen LogP contribution in [0.3, 0.4) is 0 Å². The Balaban J connectivity index is 1.59. The molecule has 1 fully saturated rings. The number of aliphatic hydroxyl groups is 1. The van der Waals surface area contributed by atoms with Crippen molar-refractivity contribution in [3.8, 4) is 0 Å². The Morgan fingerprint density at radius 1 is 1.27 bits per heavy atom. The van der Waals surface area contributed by atoms with Crippen LogP contribution in [0.15, 0.2) is 45.6 Å². The van der Waals surface area contributed by atoms with Crippen LogP contribution in [-0.4, -0.2) is 29.0 Å². The summed E-state index contributed by atoms with van der Waals surface area (Å²) in [5, 5.41) is 12.4. The van der Waals surface area contributed by atoms with E-state index in [-0.39, 0.29) is 11.8 Å². The minimum absolute atomic E-state index is 0.0922. The van der Waals surface area contributed by atoms with Gasteiger partial charge in [0.2, 0.25) is 0 Å². The summed E-state index contributed by atoms with van der Waals surface area (Å²) in [6.45, 7) is 1.42. The summed E-state index contributed by atoms with van der Waals surface area (Å²) in [6, 6.07) is 11.7. The molecule has 1 aliphatic heterocycles. The Kier molecular flexibility index (Phi) is 4.96. The number of halogens is 1. The molecule has 1 atom stereocenters. The molecule has 2 aromatic rings. The number of thiophene rings is 1. The van der Waals surface area contributed by atoms with Crippen molar-refractivity contribution in [3.05, 3.63) is 56.7 Å². The largest absolute Gasteiger partial charge is 0.388 e. The van der Waals surface area contributed by atoms with E-state index in [0.717, 1.165) is 27.8 Å². The SMILES string of the molecule is O=C(c1csc(Br)c1)N1CCC(C(O)c2ccccc2)CC1. The van der Waals surface area contributed by atoms with Crippen LogP contribution in [0, 0.1) is 5.92 Å². The molecule has 1 saturated heterocycles. The van der Waals surface area contributed by atoms with Gasteiger partial charge in [0.05, 0.1) is 15.5 Å². The fourth-order valence-electron chi connectivity index (χ4n) is 2.95. The van der Waals surface area contributed by atoms with Crippen LogP contribution in [0.5, 0.6) is 0 Å². The molecule has 3 nitrogen and oxygen atoms in total. The summed E-state index contributed by atoms with van der Waals surface area (Å²) in [5.74, 6) is 0.315. The number of amides is 1. The third-order valence-electron chi connectivity index (χ3n) is 4.23. The molecule has 1 N–H and O–H groups in total. The number of carbonyl (C=O) groups excluding carboxylic acids is 1. The van der Waals surface area contributed by atoms with Crippen LogP contribution < -0.4 is 0 Å². The number of benzene rings is 1. The monoisotopic (exact) mass is 379 g/mol. The maximum absolute atomic E-state index is 12.4. The van der Waals surface area contributed by atoms with Gasteiger partial charge in [0.25, 0.3) is 5.91 Å². The molecule has 3 rings (SSSR count). The molecule has 0 aliphatic carbocycles. The maximum Gasteiger partial charge on any atom is 0.254 e. The van der Waals surface area contributed by atoms with Crippen molar-refractivity contribution in [2.45, 2.75) is 18.9 Å². The molecule has 0 radical (unpaired) electrons. The number of aliphatic hydroxyl groups excluding tert-OH is 1. The van der Waals surface area contributed by atoms with Gasteiger partial charge in [-0.25, -0.2) is 0 Å². The Hall–Kier alpha value is -1.17. The van der Waals surface area contributed by atoms with Crippen LogP contribution in [-0.2, 0) is 0 Å². The second kappa shape index (κ2) is 6.94. The first-order valence-electron chi connectivity index (χ1n) is 7.41. The van der Waals surface area contributed by atoms with Crippen LogP contribution in [0.2, 0.25) is 0 Å². The fraction of sp³-hybridized carbons (Fsp3) is 0.353. The molecule has 2 heterocycles. The summed E-state index contributed by atoms with van der Waals surface area (Å²) in [5.41, 5.74) is 1.72. The van der Waals surface area contributed by atoms with Gasteiger partial charge in [-0.05, 0) is 46.3 Å². The first-order chi connectivity index (χ1) is 10.6. The Labute approximate surface area is 142 Å². The Bertz CT molecular complexity index is 635. The number of likely N-dealkylation sites (tertiary alicyclic amines) is 1. The quantitative estimate of drug-likeness (QED) is 0.871. The number of hydrogen-bond donors (Lipinski definition) is 1. The molecular formula is C17H18BrNO2S. The van der Waals surface area contributed by atoms with E-state index in [1.54, 1.807) is 0 Å². The summed E-state index contributed by atoms with van der Waals surface area (Å²) < 4.78 is 0.977. The van der Waals surface area contributed by atoms with Crippen molar-refractivity contribution in [1.29, 1.82) is 0 Å². The third-order valence-corrected chi connectivity index (χ3v) is 5.73. The topological polar surface area (TPSA) is 40.5 Å². The molecule has 1 aromatic carbocycles. The summed E-state index contributed by atoms with van der Waals surface area (Å²) in [6.07, 6.45) is 1.24. The maximum atomic E-state index is 12.4. The zero-order chi connectivity index (χ0) is 15.5. The third kappa shape index (κ3) is 3.42. The smallest absolute Gasteiger partial charge is 0.254 e. The highest BCUT2D eigenvalue weighted by Crippen LogP contribution is 2.31. The van der Waals surface area contributed by atoms with Crippen LogP contribution in [0.1, 0.15) is 34.9 Å². The first kappa shape index (κ1) is 15.7. The molecule has 1 unspecified atom stereocenters. The van der Waals surface area contributed by atoms with E-state index in [1.165, 1.54) is 11.3 Å². The van der Waals surface area contributed by atoms with Crippen molar-refractivity contribution in [2.24, 2.45) is 5.92 Å². The second-order valence-electron chi connectivity index (χ2n) is 5.62. The Morgan fingerprint density at radius 3 is 2.55 bits per heavy atom. The van der Waals surface area contributed by atoms with E-state index in [4.69, 9.17) is 0 Å². The van der Waals surface area contributed by atoms with Crippen molar-refractivity contribution in [2.75, 3.05) is 13.1 Å². The predicted octanol–water partition coefficient (Wildman–Crippen LogP) is 4.10. The molecular weight excluding hydrogens is 362 g/mol. The van der Waals surface area contributed by atoms with Crippen molar-refractivity contribution in [1.82, 2.24) is 4.90 Å². The standard InChI is InChI=1S/C17H18BrNO2S/c18-15-10-14(11-22-15)17(21)19-8-6-13(7-9-19)16(20)12-4-2-1-3-5-12/h1-5,10-11,13,16,20H,6-9H2. The molecule has 1 aromatic heterocycles. The van der Waals surface area contributed by atoms with E-state index in [2.05, 4.69) is 15.9 Å². The van der Waals surface area contributed by atoms with Crippen LogP contribution >= 0.6 is 27.3 Å². The number of nitrogens with zero attached hydrogens (tertiary/aromatic N) is 1. The van der Waals surface area contributed by atoms with Crippen molar-refractivity contribution < 1.29 is 9.90 Å². The van der Waals surface area contributed by atoms with Gasteiger partial charge in [0, 0.05) is 18.5 Å². The summed E-state index contributed by atoms with van der Waals surface area (Å²) in [4.78, 5) is 14.3. The lowest BCUT2D eigenvalue weighted by atomic mass is 9.87. The van der Waals surface area contributed by atoms with Gasteiger partial charge in [0.1, 0.15) is 0 Å². The van der Waals surface area contributed by atoms with Gasteiger partial charge in [-0.15, -0.1) is 11.3 Å². The number of rotatable bonds is 3. The normalized spacial score (nSPS) is 17.5. The number of piperidine rings is 1. The first-order valence-corrected chi connectivity index (χ1v) is 9.09. The Morgan fingerprint density at radius 2 is 1.95 bits per heavy atom. The van der Waals surface area contributed by atoms with Gasteiger partial charge in [-0.2, -0.15) is 0 Å². The lowest BCUT2D eigenvalue weighted by molar-refractivity contribution is 0.0462. The zero-order valence-corrected chi connectivity index (χ0v) is 14.5. The lowest BCUT2D eigenvalue weighted by Gasteiger charge is -2.34. The molecule has 116 valence electrons. The molecule has 22 heavy (non-hydrogen) atoms. The lowest BCUT2D eigenvalue weighted by Crippen LogP contribution is -2.39. The van der Waals surface area contributed by atoms with E-state index < -0.39 is 6.10 Å². The zero-order valence-electron chi connectivity index (χ0n) is 12.1. The van der Waals surface area contributed by atoms with E-state index in [0.29, 0.717) is 13.1 Å². The van der Waals surface area contributed by atoms with Crippen LogP contribution in [0.25, 0.3) is 0 Å². The molecule has 5 heteroatoms. The van der Waals surface area contributed by atoms with Gasteiger partial charge in [0.15, 0.2) is 0 Å². The molecule has 0 spiro atoms. The second-order valence-corrected chi connectivity index (χ2v) is 7.92. The van der Waals surface area contributed by atoms with E-state index >= 15 is 0 Å². The molecule has 1 amide bonds. The highest BCUT2D eigenvalue weighted by atomic mass is 79.9. The van der Waals surface area contributed by atoms with Gasteiger partial charge < -0.3 is 10.0 Å². The van der Waals surface area contributed by atoms with E-state index in [9.17, 15) is 9.90 Å². The fourth-order valence-corrected chi connectivity index (χ4v) is 4.08. The van der Waals surface area contributed by atoms with Crippen molar-refractivity contribution >= 4 is 33.2 Å². The predicted molar refractivity (Wildman–Crippen MR) is 92.0 cm³/mol. The molecule has 0 bridgehead atoms. The van der Waals surface area contributed by atoms with Gasteiger partial charge in [-0.1, -0.05) is 30.3 Å². The average molecular weight is 380 g/mol. The minimum Gasteiger partial charge on any atom is -0.388 e. The van der Waals surface area contributed by atoms with Crippen LogP contribution in [0.4, 0.5) is 0 Å². The molecule has 1 aliphatic rings. The van der Waals surface area contributed by atoms with E-state index in [1.807, 2.05) is 46.7 Å².